The fourth-order valence-electron chi connectivity index (χ4n) is 3.41. The molecule has 29 heavy (non-hydrogen) atoms. The number of hydrogen-bond donors (Lipinski definition) is 2. The van der Waals surface area contributed by atoms with Gasteiger partial charge in [-0.05, 0) is 37.0 Å². The van der Waals surface area contributed by atoms with Gasteiger partial charge in [0.1, 0.15) is 5.75 Å². The summed E-state index contributed by atoms with van der Waals surface area (Å²) in [5.74, 6) is 1.93. The van der Waals surface area contributed by atoms with Crippen LogP contribution in [0.1, 0.15) is 30.4 Å². The smallest absolute Gasteiger partial charge is 0.265 e. The molecule has 154 valence electrons. The maximum atomic E-state index is 12.2. The van der Waals surface area contributed by atoms with Gasteiger partial charge in [0.25, 0.3) is 5.91 Å². The first-order valence-electron chi connectivity index (χ1n) is 10.1. The van der Waals surface area contributed by atoms with E-state index in [-0.39, 0.29) is 12.5 Å². The Balaban J connectivity index is 1.44. The number of hydrogen-bond acceptors (Lipinski definition) is 3. The molecule has 0 spiro atoms. The molecule has 0 aliphatic carbocycles. The SMILES string of the molecule is CN=C(NCCCN1C(=O)COc2ccccc21)NCC(C)c1cccc(C)c1. The molecular formula is C23H30N4O2. The van der Waals surface area contributed by atoms with E-state index in [9.17, 15) is 4.79 Å². The number of carbonyl (C=O) groups is 1. The van der Waals surface area contributed by atoms with Gasteiger partial charge in [-0.2, -0.15) is 0 Å². The quantitative estimate of drug-likeness (QED) is 0.430. The standard InChI is InChI=1S/C23H30N4O2/c1-17-8-6-9-19(14-17)18(2)15-26-23(24-3)25-12-7-13-27-20-10-4-5-11-21(20)29-16-22(27)28/h4-6,8-11,14,18H,7,12-13,15-16H2,1-3H3,(H2,24,25,26). The summed E-state index contributed by atoms with van der Waals surface area (Å²) in [5, 5.41) is 6.72. The molecule has 0 radical (unpaired) electrons. The van der Waals surface area contributed by atoms with Crippen LogP contribution in [0.4, 0.5) is 5.69 Å². The van der Waals surface area contributed by atoms with Gasteiger partial charge in [0.05, 0.1) is 5.69 Å². The van der Waals surface area contributed by atoms with Gasteiger partial charge in [0.15, 0.2) is 12.6 Å². The maximum Gasteiger partial charge on any atom is 0.265 e. The molecule has 1 heterocycles. The normalized spacial score (nSPS) is 14.8. The van der Waals surface area contributed by atoms with E-state index in [0.29, 0.717) is 12.5 Å². The van der Waals surface area contributed by atoms with Gasteiger partial charge in [-0.3, -0.25) is 9.79 Å². The summed E-state index contributed by atoms with van der Waals surface area (Å²) < 4.78 is 5.49. The predicted octanol–water partition coefficient (Wildman–Crippen LogP) is 3.08. The molecule has 6 nitrogen and oxygen atoms in total. The lowest BCUT2D eigenvalue weighted by molar-refractivity contribution is -0.121. The van der Waals surface area contributed by atoms with Crippen LogP contribution in [0.25, 0.3) is 0 Å². The van der Waals surface area contributed by atoms with Crippen LogP contribution >= 0.6 is 0 Å². The van der Waals surface area contributed by atoms with Crippen LogP contribution in [0.3, 0.4) is 0 Å². The number of amides is 1. The number of anilines is 1. The number of para-hydroxylation sites is 2. The zero-order chi connectivity index (χ0) is 20.6. The van der Waals surface area contributed by atoms with Crippen molar-refractivity contribution in [2.45, 2.75) is 26.2 Å². The van der Waals surface area contributed by atoms with E-state index in [2.05, 4.69) is 53.7 Å². The largest absolute Gasteiger partial charge is 0.482 e. The van der Waals surface area contributed by atoms with E-state index >= 15 is 0 Å². The summed E-state index contributed by atoms with van der Waals surface area (Å²) in [6.07, 6.45) is 0.814. The van der Waals surface area contributed by atoms with Crippen molar-refractivity contribution in [3.05, 3.63) is 59.7 Å². The Hall–Kier alpha value is -3.02. The third-order valence-electron chi connectivity index (χ3n) is 5.07. The zero-order valence-corrected chi connectivity index (χ0v) is 17.4. The number of ether oxygens (including phenoxy) is 1. The number of carbonyl (C=O) groups excluding carboxylic acids is 1. The highest BCUT2D eigenvalue weighted by Crippen LogP contribution is 2.31. The minimum atomic E-state index is -0.00168. The van der Waals surface area contributed by atoms with Crippen LogP contribution in [0.15, 0.2) is 53.5 Å². The molecule has 1 atom stereocenters. The lowest BCUT2D eigenvalue weighted by Gasteiger charge is -2.29. The summed E-state index contributed by atoms with van der Waals surface area (Å²) in [5.41, 5.74) is 3.44. The van der Waals surface area contributed by atoms with Crippen LogP contribution in [-0.4, -0.2) is 45.2 Å². The van der Waals surface area contributed by atoms with Crippen molar-refractivity contribution in [1.29, 1.82) is 0 Å². The minimum Gasteiger partial charge on any atom is -0.482 e. The van der Waals surface area contributed by atoms with Crippen LogP contribution in [0.2, 0.25) is 0 Å². The number of nitrogens with zero attached hydrogens (tertiary/aromatic N) is 2. The number of guanidine groups is 1. The number of rotatable bonds is 7. The molecular weight excluding hydrogens is 364 g/mol. The topological polar surface area (TPSA) is 66.0 Å². The van der Waals surface area contributed by atoms with Crippen LogP contribution in [0, 0.1) is 6.92 Å². The third-order valence-corrected chi connectivity index (χ3v) is 5.07. The Labute approximate surface area is 173 Å². The van der Waals surface area contributed by atoms with Gasteiger partial charge in [0, 0.05) is 26.7 Å². The molecule has 1 unspecified atom stereocenters. The van der Waals surface area contributed by atoms with E-state index in [1.165, 1.54) is 11.1 Å². The number of fused-ring (bicyclic) bond motifs is 1. The second-order valence-corrected chi connectivity index (χ2v) is 7.35. The molecule has 0 saturated carbocycles. The van der Waals surface area contributed by atoms with Crippen LogP contribution in [0.5, 0.6) is 5.75 Å². The van der Waals surface area contributed by atoms with Gasteiger partial charge in [-0.15, -0.1) is 0 Å². The van der Waals surface area contributed by atoms with Crippen molar-refractivity contribution in [3.8, 4) is 5.75 Å². The van der Waals surface area contributed by atoms with Crippen molar-refractivity contribution in [1.82, 2.24) is 10.6 Å². The van der Waals surface area contributed by atoms with E-state index in [1.807, 2.05) is 24.3 Å². The van der Waals surface area contributed by atoms with E-state index in [4.69, 9.17) is 4.74 Å². The lowest BCUT2D eigenvalue weighted by Crippen LogP contribution is -2.42. The zero-order valence-electron chi connectivity index (χ0n) is 17.4. The summed E-state index contributed by atoms with van der Waals surface area (Å²) >= 11 is 0. The van der Waals surface area contributed by atoms with E-state index in [0.717, 1.165) is 36.9 Å². The van der Waals surface area contributed by atoms with Gasteiger partial charge in [0.2, 0.25) is 0 Å². The monoisotopic (exact) mass is 394 g/mol. The van der Waals surface area contributed by atoms with Crippen molar-refractivity contribution >= 4 is 17.6 Å². The Morgan fingerprint density at radius 1 is 1.21 bits per heavy atom. The van der Waals surface area contributed by atoms with E-state index < -0.39 is 0 Å². The highest BCUT2D eigenvalue weighted by molar-refractivity contribution is 5.97. The van der Waals surface area contributed by atoms with E-state index in [1.54, 1.807) is 11.9 Å². The Morgan fingerprint density at radius 2 is 2.03 bits per heavy atom. The van der Waals surface area contributed by atoms with Crippen LogP contribution < -0.4 is 20.3 Å². The Kier molecular flexibility index (Phi) is 7.11. The first-order chi connectivity index (χ1) is 14.1. The van der Waals surface area contributed by atoms with Crippen LogP contribution in [-0.2, 0) is 4.79 Å². The number of nitrogens with one attached hydrogen (secondary N) is 2. The van der Waals surface area contributed by atoms with Crippen molar-refractivity contribution in [2.75, 3.05) is 38.2 Å². The van der Waals surface area contributed by atoms with Gasteiger partial charge < -0.3 is 20.3 Å². The summed E-state index contributed by atoms with van der Waals surface area (Å²) in [6, 6.07) is 16.3. The average molecular weight is 395 g/mol. The molecule has 6 heteroatoms. The first-order valence-corrected chi connectivity index (χ1v) is 10.1. The number of aliphatic imine (C=N–C) groups is 1. The highest BCUT2D eigenvalue weighted by atomic mass is 16.5. The van der Waals surface area contributed by atoms with Gasteiger partial charge in [-0.1, -0.05) is 48.9 Å². The Morgan fingerprint density at radius 3 is 2.83 bits per heavy atom. The molecule has 0 aromatic heterocycles. The molecule has 1 aliphatic rings. The van der Waals surface area contributed by atoms with Crippen molar-refractivity contribution < 1.29 is 9.53 Å². The second kappa shape index (κ2) is 9.96. The van der Waals surface area contributed by atoms with Gasteiger partial charge in [-0.25, -0.2) is 0 Å². The molecule has 2 aromatic carbocycles. The van der Waals surface area contributed by atoms with Gasteiger partial charge >= 0.3 is 0 Å². The molecule has 2 aromatic rings. The Bertz CT molecular complexity index is 865. The number of aryl methyl sites for hydroxylation is 1. The van der Waals surface area contributed by atoms with Crippen molar-refractivity contribution in [2.24, 2.45) is 4.99 Å². The molecule has 1 aliphatic heterocycles. The molecule has 1 amide bonds. The fourth-order valence-corrected chi connectivity index (χ4v) is 3.41. The summed E-state index contributed by atoms with van der Waals surface area (Å²) in [7, 11) is 1.77. The predicted molar refractivity (Wildman–Crippen MR) is 118 cm³/mol. The molecule has 0 saturated heterocycles. The molecule has 0 bridgehead atoms. The average Bonchev–Trinajstić information content (AvgIpc) is 2.74. The molecule has 2 N–H and O–H groups in total. The van der Waals surface area contributed by atoms with Crippen molar-refractivity contribution in [3.63, 3.8) is 0 Å². The summed E-state index contributed by atoms with van der Waals surface area (Å²) in [4.78, 5) is 18.3. The third kappa shape index (κ3) is 5.50. The lowest BCUT2D eigenvalue weighted by atomic mass is 9.99. The summed E-state index contributed by atoms with van der Waals surface area (Å²) in [6.45, 7) is 6.59. The first kappa shape index (κ1) is 20.7. The second-order valence-electron chi connectivity index (χ2n) is 7.35. The number of benzene rings is 2. The minimum absolute atomic E-state index is 0.00168. The molecule has 0 fully saturated rings. The molecule has 3 rings (SSSR count). The highest BCUT2D eigenvalue weighted by Gasteiger charge is 2.24. The fraction of sp³-hybridized carbons (Fsp3) is 0.391. The maximum absolute atomic E-state index is 12.2.